The molecule has 2 fully saturated rings. The summed E-state index contributed by atoms with van der Waals surface area (Å²) < 4.78 is 40.3. The summed E-state index contributed by atoms with van der Waals surface area (Å²) in [5.74, 6) is 0.290. The molecule has 7 rings (SSSR count). The van der Waals surface area contributed by atoms with Crippen molar-refractivity contribution in [3.05, 3.63) is 75.7 Å². The fraction of sp³-hybridized carbons (Fsp3) is 0.406. The van der Waals surface area contributed by atoms with Crippen molar-refractivity contribution in [2.24, 2.45) is 0 Å². The van der Waals surface area contributed by atoms with Gasteiger partial charge in [0.15, 0.2) is 11.5 Å². The maximum Gasteiger partial charge on any atom is 0.348 e. The molecular weight excluding hydrogens is 571 g/mol. The second-order valence-corrected chi connectivity index (χ2v) is 12.4. The van der Waals surface area contributed by atoms with Crippen molar-refractivity contribution in [2.45, 2.75) is 57.1 Å². The number of piperidine rings is 1. The lowest BCUT2D eigenvalue weighted by Gasteiger charge is -2.33. The standard InChI is InChI=1S/C32H31FN4O5S/c1-32(23-7-6-19(16-34)14-24(23)33)41-26-5-3-4-22(29(26)42-32)20-8-11-36(12-9-20)18-28-35-30-25(15-27(43-30)31(38)39-2)37(28)17-21-10-13-40-21/h3-7,14-15,20-21H,8-13,17-18H2,1-2H3. The van der Waals surface area contributed by atoms with Gasteiger partial charge in [-0.15, -0.1) is 11.3 Å². The van der Waals surface area contributed by atoms with E-state index in [1.165, 1.54) is 24.5 Å². The van der Waals surface area contributed by atoms with Crippen LogP contribution in [0.5, 0.6) is 11.5 Å². The zero-order valence-corrected chi connectivity index (χ0v) is 24.8. The number of nitriles is 1. The molecule has 3 aliphatic heterocycles. The number of rotatable bonds is 7. The Labute approximate surface area is 252 Å². The molecule has 5 heterocycles. The third-order valence-electron chi connectivity index (χ3n) is 8.68. The number of fused-ring (bicyclic) bond motifs is 2. The van der Waals surface area contributed by atoms with Crippen molar-refractivity contribution >= 4 is 27.7 Å². The summed E-state index contributed by atoms with van der Waals surface area (Å²) >= 11 is 1.36. The zero-order chi connectivity index (χ0) is 29.7. The molecule has 2 atom stereocenters. The molecular formula is C32H31FN4O5S. The summed E-state index contributed by atoms with van der Waals surface area (Å²) in [6, 6.07) is 14.1. The number of nitrogens with zero attached hydrogens (tertiary/aromatic N) is 4. The summed E-state index contributed by atoms with van der Waals surface area (Å²) in [4.78, 5) is 20.9. The second-order valence-electron chi connectivity index (χ2n) is 11.4. The SMILES string of the molecule is COC(=O)c1cc2c(nc(CN3CCC(c4cccc5c4OC(C)(c4ccc(C#N)cc4F)O5)CC3)n2CC2CCO2)s1. The lowest BCUT2D eigenvalue weighted by Crippen LogP contribution is -2.35. The molecule has 222 valence electrons. The third kappa shape index (κ3) is 5.03. The van der Waals surface area contributed by atoms with Crippen molar-refractivity contribution in [2.75, 3.05) is 26.8 Å². The van der Waals surface area contributed by atoms with Gasteiger partial charge in [-0.25, -0.2) is 14.2 Å². The highest BCUT2D eigenvalue weighted by Gasteiger charge is 2.43. The number of thiophene rings is 1. The van der Waals surface area contributed by atoms with E-state index in [1.807, 2.05) is 24.3 Å². The summed E-state index contributed by atoms with van der Waals surface area (Å²) in [6.07, 6.45) is 3.03. The summed E-state index contributed by atoms with van der Waals surface area (Å²) in [6.45, 7) is 5.67. The predicted molar refractivity (Wildman–Crippen MR) is 157 cm³/mol. The molecule has 9 nitrogen and oxygen atoms in total. The van der Waals surface area contributed by atoms with Crippen LogP contribution in [0.4, 0.5) is 4.39 Å². The highest BCUT2D eigenvalue weighted by molar-refractivity contribution is 7.20. The molecule has 3 aliphatic rings. The summed E-state index contributed by atoms with van der Waals surface area (Å²) in [7, 11) is 1.39. The summed E-state index contributed by atoms with van der Waals surface area (Å²) in [5, 5.41) is 9.12. The molecule has 0 amide bonds. The van der Waals surface area contributed by atoms with Crippen LogP contribution in [0.1, 0.15) is 64.3 Å². The number of carbonyl (C=O) groups excluding carboxylic acids is 1. The largest absolute Gasteiger partial charge is 0.465 e. The molecule has 11 heteroatoms. The Balaban J connectivity index is 1.06. The minimum Gasteiger partial charge on any atom is -0.465 e. The number of methoxy groups -OCH3 is 1. The first-order chi connectivity index (χ1) is 20.8. The molecule has 0 spiro atoms. The fourth-order valence-electron chi connectivity index (χ4n) is 6.25. The molecule has 0 bridgehead atoms. The highest BCUT2D eigenvalue weighted by atomic mass is 32.1. The van der Waals surface area contributed by atoms with Crippen molar-refractivity contribution in [3.8, 4) is 17.6 Å². The van der Waals surface area contributed by atoms with Crippen LogP contribution in [-0.2, 0) is 28.4 Å². The second kappa shape index (κ2) is 10.9. The molecule has 0 saturated carbocycles. The Kier molecular flexibility index (Phi) is 7.08. The maximum absolute atomic E-state index is 14.9. The number of hydrogen-bond donors (Lipinski definition) is 0. The van der Waals surface area contributed by atoms with E-state index in [-0.39, 0.29) is 29.1 Å². The number of likely N-dealkylation sites (tertiary alicyclic amines) is 1. The number of carbonyl (C=O) groups is 1. The van der Waals surface area contributed by atoms with Gasteiger partial charge in [0.05, 0.1) is 49.0 Å². The Morgan fingerprint density at radius 3 is 2.72 bits per heavy atom. The van der Waals surface area contributed by atoms with Gasteiger partial charge in [0.1, 0.15) is 21.3 Å². The van der Waals surface area contributed by atoms with E-state index in [0.717, 1.165) is 60.7 Å². The zero-order valence-electron chi connectivity index (χ0n) is 24.0. The molecule has 2 saturated heterocycles. The number of benzene rings is 2. The topological polar surface area (TPSA) is 98.8 Å². The first kappa shape index (κ1) is 27.8. The average molecular weight is 603 g/mol. The molecule has 2 aromatic carbocycles. The first-order valence-corrected chi connectivity index (χ1v) is 15.3. The van der Waals surface area contributed by atoms with Crippen molar-refractivity contribution in [1.82, 2.24) is 14.5 Å². The number of ether oxygens (including phenoxy) is 4. The molecule has 2 unspecified atom stereocenters. The molecule has 43 heavy (non-hydrogen) atoms. The van der Waals surface area contributed by atoms with E-state index >= 15 is 0 Å². The maximum atomic E-state index is 14.9. The van der Waals surface area contributed by atoms with Crippen LogP contribution in [-0.4, -0.2) is 53.3 Å². The Hall–Kier alpha value is -3.98. The van der Waals surface area contributed by atoms with Crippen LogP contribution >= 0.6 is 11.3 Å². The highest BCUT2D eigenvalue weighted by Crippen LogP contribution is 2.49. The van der Waals surface area contributed by atoms with Gasteiger partial charge in [0.25, 0.3) is 5.79 Å². The number of para-hydroxylation sites is 1. The van der Waals surface area contributed by atoms with Gasteiger partial charge in [0, 0.05) is 19.1 Å². The lowest BCUT2D eigenvalue weighted by molar-refractivity contribution is -0.0712. The number of esters is 1. The minimum atomic E-state index is -1.32. The monoisotopic (exact) mass is 602 g/mol. The predicted octanol–water partition coefficient (Wildman–Crippen LogP) is 5.71. The Bertz CT molecular complexity index is 1750. The van der Waals surface area contributed by atoms with E-state index < -0.39 is 11.6 Å². The smallest absolute Gasteiger partial charge is 0.348 e. The van der Waals surface area contributed by atoms with Crippen LogP contribution in [0.25, 0.3) is 10.3 Å². The van der Waals surface area contributed by atoms with E-state index in [0.29, 0.717) is 29.5 Å². The van der Waals surface area contributed by atoms with Crippen LogP contribution in [0, 0.1) is 17.1 Å². The minimum absolute atomic E-state index is 0.161. The molecule has 4 aromatic rings. The van der Waals surface area contributed by atoms with Gasteiger partial charge in [-0.3, -0.25) is 4.90 Å². The fourth-order valence-corrected chi connectivity index (χ4v) is 7.22. The van der Waals surface area contributed by atoms with Gasteiger partial charge in [-0.2, -0.15) is 5.26 Å². The Morgan fingerprint density at radius 2 is 2.02 bits per heavy atom. The van der Waals surface area contributed by atoms with Crippen LogP contribution < -0.4 is 9.47 Å². The van der Waals surface area contributed by atoms with E-state index in [1.54, 1.807) is 19.1 Å². The number of aromatic nitrogens is 2. The van der Waals surface area contributed by atoms with Gasteiger partial charge >= 0.3 is 5.97 Å². The van der Waals surface area contributed by atoms with E-state index in [9.17, 15) is 9.18 Å². The van der Waals surface area contributed by atoms with Gasteiger partial charge in [0.2, 0.25) is 0 Å². The third-order valence-corrected chi connectivity index (χ3v) is 9.68. The van der Waals surface area contributed by atoms with Gasteiger partial charge in [-0.05, 0) is 68.6 Å². The Morgan fingerprint density at radius 1 is 1.21 bits per heavy atom. The lowest BCUT2D eigenvalue weighted by atomic mass is 9.88. The van der Waals surface area contributed by atoms with Crippen LogP contribution in [0.2, 0.25) is 0 Å². The molecule has 0 aliphatic carbocycles. The van der Waals surface area contributed by atoms with Gasteiger partial charge in [-0.1, -0.05) is 12.1 Å². The quantitative estimate of drug-likeness (QED) is 0.248. The summed E-state index contributed by atoms with van der Waals surface area (Å²) in [5.41, 5.74) is 2.52. The van der Waals surface area contributed by atoms with Crippen molar-refractivity contribution < 1.29 is 28.1 Å². The van der Waals surface area contributed by atoms with Crippen LogP contribution in [0.15, 0.2) is 42.5 Å². The van der Waals surface area contributed by atoms with E-state index in [4.69, 9.17) is 29.2 Å². The first-order valence-electron chi connectivity index (χ1n) is 14.5. The number of imidazole rings is 1. The average Bonchev–Trinajstić information content (AvgIpc) is 3.65. The van der Waals surface area contributed by atoms with Crippen molar-refractivity contribution in [1.29, 1.82) is 5.26 Å². The molecule has 2 aromatic heterocycles. The molecule has 0 radical (unpaired) electrons. The molecule has 0 N–H and O–H groups in total. The van der Waals surface area contributed by atoms with Gasteiger partial charge < -0.3 is 23.5 Å². The normalized spacial score (nSPS) is 22.0. The van der Waals surface area contributed by atoms with E-state index in [2.05, 4.69) is 15.5 Å². The number of halogens is 1. The van der Waals surface area contributed by atoms with Crippen LogP contribution in [0.3, 0.4) is 0 Å². The number of hydrogen-bond acceptors (Lipinski definition) is 9. The van der Waals surface area contributed by atoms with Crippen molar-refractivity contribution in [3.63, 3.8) is 0 Å².